The number of amides is 1. The molecule has 2 heterocycles. The SMILES string of the molecule is COc1cc2c(cc1NC(=O)[C@@H](C)Sc1nc3ccccc3n1C)oc1ccccc12. The molecule has 0 aliphatic heterocycles. The van der Waals surface area contributed by atoms with Crippen molar-refractivity contribution < 1.29 is 13.9 Å². The van der Waals surface area contributed by atoms with Crippen LogP contribution >= 0.6 is 11.8 Å². The molecule has 156 valence electrons. The van der Waals surface area contributed by atoms with Gasteiger partial charge in [0.15, 0.2) is 5.16 Å². The number of furan rings is 1. The van der Waals surface area contributed by atoms with Crippen molar-refractivity contribution in [1.82, 2.24) is 9.55 Å². The van der Waals surface area contributed by atoms with Gasteiger partial charge in [0, 0.05) is 23.9 Å². The van der Waals surface area contributed by atoms with Gasteiger partial charge in [-0.2, -0.15) is 0 Å². The number of nitrogens with one attached hydrogen (secondary N) is 1. The van der Waals surface area contributed by atoms with Crippen molar-refractivity contribution in [2.45, 2.75) is 17.3 Å². The number of imidazole rings is 1. The molecule has 0 saturated heterocycles. The van der Waals surface area contributed by atoms with Gasteiger partial charge in [0.25, 0.3) is 0 Å². The average molecular weight is 432 g/mol. The summed E-state index contributed by atoms with van der Waals surface area (Å²) in [5.74, 6) is 0.457. The summed E-state index contributed by atoms with van der Waals surface area (Å²) in [6, 6.07) is 19.5. The Hall–Kier alpha value is -3.45. The van der Waals surface area contributed by atoms with E-state index in [9.17, 15) is 4.79 Å². The number of hydrogen-bond donors (Lipinski definition) is 1. The van der Waals surface area contributed by atoms with Gasteiger partial charge in [0.1, 0.15) is 16.9 Å². The van der Waals surface area contributed by atoms with E-state index in [4.69, 9.17) is 9.15 Å². The summed E-state index contributed by atoms with van der Waals surface area (Å²) in [6.07, 6.45) is 0. The summed E-state index contributed by atoms with van der Waals surface area (Å²) in [6.45, 7) is 1.87. The summed E-state index contributed by atoms with van der Waals surface area (Å²) in [5, 5.41) is 5.39. The largest absolute Gasteiger partial charge is 0.495 e. The van der Waals surface area contributed by atoms with Crippen LogP contribution in [0.4, 0.5) is 5.69 Å². The van der Waals surface area contributed by atoms with E-state index in [0.717, 1.165) is 32.5 Å². The van der Waals surface area contributed by atoms with Crippen LogP contribution in [-0.2, 0) is 11.8 Å². The summed E-state index contributed by atoms with van der Waals surface area (Å²) in [5.41, 5.74) is 4.03. The molecule has 0 saturated carbocycles. The molecule has 0 aliphatic carbocycles. The zero-order chi connectivity index (χ0) is 21.5. The standard InChI is InChI=1S/C24H21N3O3S/c1-14(31-24-26-17-9-5-6-10-19(17)27(24)2)23(28)25-18-13-21-16(12-22(18)29-3)15-8-4-7-11-20(15)30-21/h4-14H,1-3H3,(H,25,28)/t14-/m1/s1. The number of hydrogen-bond acceptors (Lipinski definition) is 5. The summed E-state index contributed by atoms with van der Waals surface area (Å²) >= 11 is 1.42. The van der Waals surface area contributed by atoms with Crippen LogP contribution in [0.2, 0.25) is 0 Å². The number of carbonyl (C=O) groups excluding carboxylic acids is 1. The van der Waals surface area contributed by atoms with Gasteiger partial charge in [-0.05, 0) is 31.2 Å². The Balaban J connectivity index is 1.42. The molecule has 7 heteroatoms. The number of fused-ring (bicyclic) bond motifs is 4. The van der Waals surface area contributed by atoms with Crippen molar-refractivity contribution in [3.63, 3.8) is 0 Å². The van der Waals surface area contributed by atoms with E-state index < -0.39 is 0 Å². The first-order valence-electron chi connectivity index (χ1n) is 9.93. The van der Waals surface area contributed by atoms with Crippen molar-refractivity contribution in [2.75, 3.05) is 12.4 Å². The second kappa shape index (κ2) is 7.67. The zero-order valence-electron chi connectivity index (χ0n) is 17.4. The predicted octanol–water partition coefficient (Wildman–Crippen LogP) is 5.60. The van der Waals surface area contributed by atoms with Crippen molar-refractivity contribution in [2.24, 2.45) is 7.05 Å². The highest BCUT2D eigenvalue weighted by atomic mass is 32.2. The van der Waals surface area contributed by atoms with E-state index in [0.29, 0.717) is 17.0 Å². The summed E-state index contributed by atoms with van der Waals surface area (Å²) in [7, 11) is 3.55. The fraction of sp³-hybridized carbons (Fsp3) is 0.167. The highest BCUT2D eigenvalue weighted by Crippen LogP contribution is 2.37. The molecule has 31 heavy (non-hydrogen) atoms. The molecule has 2 aromatic heterocycles. The number of benzene rings is 3. The normalized spacial score (nSPS) is 12.5. The van der Waals surface area contributed by atoms with Crippen LogP contribution in [0.5, 0.6) is 5.75 Å². The minimum Gasteiger partial charge on any atom is -0.495 e. The van der Waals surface area contributed by atoms with E-state index in [2.05, 4.69) is 10.3 Å². The molecule has 1 amide bonds. The van der Waals surface area contributed by atoms with Crippen molar-refractivity contribution in [3.05, 3.63) is 60.7 Å². The first-order chi connectivity index (χ1) is 15.0. The maximum Gasteiger partial charge on any atom is 0.237 e. The Labute approximate surface area is 183 Å². The Morgan fingerprint density at radius 1 is 1.10 bits per heavy atom. The molecule has 0 fully saturated rings. The van der Waals surface area contributed by atoms with Crippen LogP contribution in [0, 0.1) is 0 Å². The van der Waals surface area contributed by atoms with Crippen LogP contribution in [0.15, 0.2) is 70.2 Å². The fourth-order valence-electron chi connectivity index (χ4n) is 3.69. The molecule has 5 aromatic rings. The summed E-state index contributed by atoms with van der Waals surface area (Å²) < 4.78 is 13.5. The van der Waals surface area contributed by atoms with Crippen LogP contribution in [-0.4, -0.2) is 27.8 Å². The number of aryl methyl sites for hydroxylation is 1. The summed E-state index contributed by atoms with van der Waals surface area (Å²) in [4.78, 5) is 17.6. The van der Waals surface area contributed by atoms with Crippen LogP contribution in [0.1, 0.15) is 6.92 Å². The Morgan fingerprint density at radius 3 is 2.68 bits per heavy atom. The van der Waals surface area contributed by atoms with E-state index in [1.54, 1.807) is 7.11 Å². The number of anilines is 1. The molecule has 0 aliphatic rings. The predicted molar refractivity (Wildman–Crippen MR) is 125 cm³/mol. The maximum atomic E-state index is 13.0. The van der Waals surface area contributed by atoms with Gasteiger partial charge >= 0.3 is 0 Å². The monoisotopic (exact) mass is 431 g/mol. The topological polar surface area (TPSA) is 69.3 Å². The highest BCUT2D eigenvalue weighted by Gasteiger charge is 2.21. The second-order valence-corrected chi connectivity index (χ2v) is 8.65. The molecule has 1 N–H and O–H groups in total. The van der Waals surface area contributed by atoms with Crippen LogP contribution in [0.25, 0.3) is 33.0 Å². The first kappa shape index (κ1) is 19.5. The van der Waals surface area contributed by atoms with Gasteiger partial charge in [-0.25, -0.2) is 4.98 Å². The van der Waals surface area contributed by atoms with Crippen molar-refractivity contribution >= 4 is 56.3 Å². The number of thioether (sulfide) groups is 1. The Kier molecular flexibility index (Phi) is 4.82. The lowest BCUT2D eigenvalue weighted by Crippen LogP contribution is -2.23. The molecule has 0 unspecified atom stereocenters. The Bertz CT molecular complexity index is 1440. The van der Waals surface area contributed by atoms with Gasteiger partial charge < -0.3 is 19.0 Å². The smallest absolute Gasteiger partial charge is 0.237 e. The van der Waals surface area contributed by atoms with Crippen LogP contribution in [0.3, 0.4) is 0 Å². The van der Waals surface area contributed by atoms with E-state index in [-0.39, 0.29) is 11.2 Å². The molecule has 0 bridgehead atoms. The third-order valence-electron chi connectivity index (χ3n) is 5.35. The van der Waals surface area contributed by atoms with Gasteiger partial charge in [0.05, 0.1) is 29.1 Å². The minimum atomic E-state index is -0.355. The molecule has 3 aromatic carbocycles. The number of nitrogens with zero attached hydrogens (tertiary/aromatic N) is 2. The minimum absolute atomic E-state index is 0.134. The van der Waals surface area contributed by atoms with E-state index in [1.807, 2.05) is 79.2 Å². The number of rotatable bonds is 5. The zero-order valence-corrected chi connectivity index (χ0v) is 18.2. The second-order valence-electron chi connectivity index (χ2n) is 7.34. The molecule has 0 radical (unpaired) electrons. The quantitative estimate of drug-likeness (QED) is 0.367. The first-order valence-corrected chi connectivity index (χ1v) is 10.8. The lowest BCUT2D eigenvalue weighted by atomic mass is 10.1. The van der Waals surface area contributed by atoms with Crippen LogP contribution < -0.4 is 10.1 Å². The van der Waals surface area contributed by atoms with Crippen molar-refractivity contribution in [3.8, 4) is 5.75 Å². The number of methoxy groups -OCH3 is 1. The van der Waals surface area contributed by atoms with Crippen molar-refractivity contribution in [1.29, 1.82) is 0 Å². The number of aromatic nitrogens is 2. The molecule has 6 nitrogen and oxygen atoms in total. The lowest BCUT2D eigenvalue weighted by molar-refractivity contribution is -0.115. The van der Waals surface area contributed by atoms with E-state index in [1.165, 1.54) is 11.8 Å². The molecular formula is C24H21N3O3S. The van der Waals surface area contributed by atoms with Gasteiger partial charge in [-0.15, -0.1) is 0 Å². The van der Waals surface area contributed by atoms with Gasteiger partial charge in [-0.3, -0.25) is 4.79 Å². The molecule has 0 spiro atoms. The number of ether oxygens (including phenoxy) is 1. The molecular weight excluding hydrogens is 410 g/mol. The maximum absolute atomic E-state index is 13.0. The average Bonchev–Trinajstić information content (AvgIpc) is 3.30. The number of carbonyl (C=O) groups is 1. The van der Waals surface area contributed by atoms with Gasteiger partial charge in [-0.1, -0.05) is 42.1 Å². The molecule has 5 rings (SSSR count). The van der Waals surface area contributed by atoms with E-state index >= 15 is 0 Å². The lowest BCUT2D eigenvalue weighted by Gasteiger charge is -2.14. The van der Waals surface area contributed by atoms with Gasteiger partial charge in [0.2, 0.25) is 5.91 Å². The number of para-hydroxylation sites is 3. The highest BCUT2D eigenvalue weighted by molar-refractivity contribution is 8.00. The fourth-order valence-corrected chi connectivity index (χ4v) is 4.58. The molecule has 1 atom stereocenters. The third-order valence-corrected chi connectivity index (χ3v) is 6.50. The Morgan fingerprint density at radius 2 is 1.87 bits per heavy atom. The third kappa shape index (κ3) is 3.41.